The molecule has 31 nitrogen and oxygen atoms in total. The van der Waals surface area contributed by atoms with E-state index in [1.165, 1.54) is 0 Å². The van der Waals surface area contributed by atoms with Gasteiger partial charge in [0.25, 0.3) is 0 Å². The number of hydrogen-bond donors (Lipinski definition) is 0. The van der Waals surface area contributed by atoms with Crippen LogP contribution in [-0.4, -0.2) is 273 Å². The fourth-order valence-electron chi connectivity index (χ4n) is 19.8. The van der Waals surface area contributed by atoms with Crippen LogP contribution in [-0.2, 0) is 128 Å². The lowest BCUT2D eigenvalue weighted by molar-refractivity contribution is 0.242. The molecule has 63 heteroatoms. The lowest BCUT2D eigenvalue weighted by Gasteiger charge is -2.45. The van der Waals surface area contributed by atoms with E-state index in [1.807, 2.05) is 0 Å². The summed E-state index contributed by atoms with van der Waals surface area (Å²) in [6.07, 6.45) is 1.10. The minimum atomic E-state index is -2.95. The van der Waals surface area contributed by atoms with Gasteiger partial charge in [-0.15, -0.1) is 0 Å². The van der Waals surface area contributed by atoms with E-state index in [1.54, 1.807) is 0 Å². The van der Waals surface area contributed by atoms with Crippen LogP contribution in [0.15, 0.2) is 0 Å². The molecule has 131 heavy (non-hydrogen) atoms. The molecule has 0 rings (SSSR count). The van der Waals surface area contributed by atoms with E-state index in [9.17, 15) is 0 Å². The fraction of sp³-hybridized carbons (Fsp3) is 1.00. The molecule has 0 saturated carbocycles. The van der Waals surface area contributed by atoms with Gasteiger partial charge in [0, 0.05) is 0 Å². The predicted octanol–water partition coefficient (Wildman–Crippen LogP) is 25.0. The molecule has 0 spiro atoms. The van der Waals surface area contributed by atoms with Crippen LogP contribution in [0.2, 0.25) is 432 Å². The second-order valence-electron chi connectivity index (χ2n) is 49.8. The Bertz CT molecular complexity index is 3400. The van der Waals surface area contributed by atoms with Gasteiger partial charge in [0.1, 0.15) is 0 Å². The van der Waals surface area contributed by atoms with Crippen molar-refractivity contribution in [1.82, 2.24) is 0 Å². The Kier molecular flexibility index (Phi) is 48.3. The van der Waals surface area contributed by atoms with Crippen molar-refractivity contribution in [2.75, 3.05) is 0 Å². The molecule has 0 aliphatic heterocycles. The zero-order valence-electron chi connectivity index (χ0n) is 96.1. The molecule has 0 aromatic rings. The smallest absolute Gasteiger partial charge is 0.314 e. The Morgan fingerprint density at radius 1 is 0.0916 bits per heavy atom. The van der Waals surface area contributed by atoms with Gasteiger partial charge in [-0.2, -0.15) is 0 Å². The molecule has 0 unspecified atom stereocenters. The molecule has 0 atom stereocenters. The van der Waals surface area contributed by atoms with Crippen LogP contribution in [0.25, 0.3) is 0 Å². The summed E-state index contributed by atoms with van der Waals surface area (Å²) < 4.78 is 215. The Labute approximate surface area is 838 Å². The zero-order valence-corrected chi connectivity index (χ0v) is 128. The fourth-order valence-corrected chi connectivity index (χ4v) is 186. The summed E-state index contributed by atoms with van der Waals surface area (Å²) in [4.78, 5) is 0. The topological polar surface area (TPSA) is 286 Å². The highest BCUT2D eigenvalue weighted by molar-refractivity contribution is 6.99. The summed E-state index contributed by atoms with van der Waals surface area (Å²) in [6, 6.07) is 1.09. The highest BCUT2D eigenvalue weighted by atomic mass is 28.6. The van der Waals surface area contributed by atoms with Crippen LogP contribution in [0.5, 0.6) is 0 Å². The minimum Gasteiger partial charge on any atom is -0.437 e. The maximum absolute atomic E-state index is 7.04. The van der Waals surface area contributed by atoms with E-state index in [0.29, 0.717) is 0 Å². The van der Waals surface area contributed by atoms with Gasteiger partial charge in [-0.25, -0.2) is 0 Å². The van der Waals surface area contributed by atoms with Crippen LogP contribution in [0.1, 0.15) is 13.3 Å². The lowest BCUT2D eigenvalue weighted by Crippen LogP contribution is -2.63. The second kappa shape index (κ2) is 46.3. The first-order chi connectivity index (χ1) is 56.0. The van der Waals surface area contributed by atoms with E-state index in [0.717, 1.165) is 12.5 Å². The Morgan fingerprint density at radius 2 is 0.153 bits per heavy atom. The average Bonchev–Trinajstić information content (AvgIpc) is 0.793. The van der Waals surface area contributed by atoms with Gasteiger partial charge in [-0.1, -0.05) is 13.3 Å². The van der Waals surface area contributed by atoms with E-state index >= 15 is 0 Å². The van der Waals surface area contributed by atoms with Gasteiger partial charge in [0.15, 0.2) is 16.6 Å². The van der Waals surface area contributed by atoms with E-state index in [4.69, 9.17) is 128 Å². The van der Waals surface area contributed by atoms with Gasteiger partial charge < -0.3 is 128 Å². The first kappa shape index (κ1) is 137. The van der Waals surface area contributed by atoms with Crippen LogP contribution in [0, 0.1) is 0 Å². The maximum atomic E-state index is 7.04. The average molecular weight is 2420 g/mol. The molecular formula is C68H202O31Si32. The lowest BCUT2D eigenvalue weighted by atomic mass is 10.6. The summed E-state index contributed by atoms with van der Waals surface area (Å²) in [5, 5.41) is 0. The molecule has 0 aliphatic rings. The van der Waals surface area contributed by atoms with E-state index in [2.05, 4.69) is 432 Å². The number of hydrogen-bond acceptors (Lipinski definition) is 31. The highest BCUT2D eigenvalue weighted by Gasteiger charge is 2.59. The van der Waals surface area contributed by atoms with Gasteiger partial charge in [-0.3, -0.25) is 0 Å². The monoisotopic (exact) mass is 2410 g/mol. The zero-order chi connectivity index (χ0) is 105. The van der Waals surface area contributed by atoms with Crippen molar-refractivity contribution in [3.8, 4) is 0 Å². The van der Waals surface area contributed by atoms with Gasteiger partial charge in [0.2, 0.25) is 0 Å². The molecule has 788 valence electrons. The van der Waals surface area contributed by atoms with Crippen molar-refractivity contribution in [1.29, 1.82) is 0 Å². The van der Waals surface area contributed by atoms with Gasteiger partial charge in [0.05, 0.1) is 0 Å². The molecule has 0 heterocycles. The van der Waals surface area contributed by atoms with Crippen LogP contribution < -0.4 is 0 Å². The molecule has 0 N–H and O–H groups in total. The normalized spacial score (nSPS) is 16.3. The van der Waals surface area contributed by atoms with Crippen molar-refractivity contribution in [3.05, 3.63) is 0 Å². The molecule has 0 fully saturated rings. The summed E-state index contributed by atoms with van der Waals surface area (Å²) in [7, 11) is -89.1. The van der Waals surface area contributed by atoms with E-state index in [-0.39, 0.29) is 0 Å². The van der Waals surface area contributed by atoms with Crippen molar-refractivity contribution >= 4 is 273 Å². The Morgan fingerprint density at radius 3 is 0.214 bits per heavy atom. The third-order valence-electron chi connectivity index (χ3n) is 16.2. The van der Waals surface area contributed by atoms with Crippen molar-refractivity contribution in [2.45, 2.75) is 445 Å². The standard InChI is InChI=1S/C68H202O31Si32/c1-67-68-101(5,6)70-103(9,10)72-105(13,14)74-107(17,18)76-109(21,22)78-111(25,26)80-113(29,30)82-115(33,34)84-117(37,38)86-119(41,42)88-121(45,46)90-123(49,50)92-125(53,54)94-127(57,58)96-129(61,62)98-131(65,66)99-130(63,64)97-128(59,60)95-126(55,56)93-124(51,52)91-122(47,48)89-120(43,44)87-118(39,40)85-116(35,36)83-114(31,32)81-112(27,28)79-110(23,24)77-108(19,20)75-106(15,16)73-104(11,12)71-102(7,8)69-100(2,3)4/h67-68H2,1-66H3. The van der Waals surface area contributed by atoms with Crippen LogP contribution in [0.3, 0.4) is 0 Å². The summed E-state index contributed by atoms with van der Waals surface area (Å²) in [5.41, 5.74) is 0. The SMILES string of the molecule is CCC[Si](C)(C)O[Si](C)(C)O[Si](C)(C)O[Si](C)(C)O[Si](C)(C)O[Si](C)(C)O[Si](C)(C)O[Si](C)(C)O[Si](C)(C)O[Si](C)(C)O[Si](C)(C)O[Si](C)(C)O[Si](C)(C)O[Si](C)(C)O[Si](C)(C)O[Si](C)(C)O[Si](C)(C)O[Si](C)(C)O[Si](C)(C)O[Si](C)(C)O[Si](C)(C)O[Si](C)(C)O[Si](C)(C)O[Si](C)(C)O[Si](C)(C)O[Si](C)(C)O[Si](C)(C)O[Si](C)(C)O[Si](C)(C)O[Si](C)(C)O[Si](C)(C)O[Si](C)(C)C. The van der Waals surface area contributed by atoms with Crippen molar-refractivity contribution in [2.24, 2.45) is 0 Å². The van der Waals surface area contributed by atoms with Crippen molar-refractivity contribution in [3.63, 3.8) is 0 Å². The Hall–Kier alpha value is 5.70. The molecule has 0 aromatic heterocycles. The van der Waals surface area contributed by atoms with E-state index < -0.39 is 273 Å². The summed E-state index contributed by atoms with van der Waals surface area (Å²) in [6.45, 7) is 137. The molecule has 0 bridgehead atoms. The minimum absolute atomic E-state index is 1.09. The maximum Gasteiger partial charge on any atom is 0.314 e. The molecule has 0 amide bonds. The quantitative estimate of drug-likeness (QED) is 0.0511. The summed E-state index contributed by atoms with van der Waals surface area (Å²) in [5.74, 6) is 0. The second-order valence-corrected chi connectivity index (χ2v) is 167. The molecule has 0 saturated heterocycles. The third-order valence-corrected chi connectivity index (χ3v) is 141. The van der Waals surface area contributed by atoms with Crippen LogP contribution >= 0.6 is 0 Å². The highest BCUT2D eigenvalue weighted by Crippen LogP contribution is 2.39. The summed E-state index contributed by atoms with van der Waals surface area (Å²) >= 11 is 0. The predicted molar refractivity (Wildman–Crippen MR) is 614 cm³/mol. The van der Waals surface area contributed by atoms with Gasteiger partial charge in [-0.05, 0) is 432 Å². The van der Waals surface area contributed by atoms with Crippen molar-refractivity contribution < 1.29 is 128 Å². The first-order valence-electron chi connectivity index (χ1n) is 46.7. The Balaban J connectivity index is 5.98. The van der Waals surface area contributed by atoms with Crippen LogP contribution in [0.4, 0.5) is 0 Å². The molecule has 0 aliphatic carbocycles. The molecule has 0 radical (unpaired) electrons. The third kappa shape index (κ3) is 63.3. The van der Waals surface area contributed by atoms with Gasteiger partial charge >= 0.3 is 257 Å². The molecular weight excluding hydrogens is 2210 g/mol. The number of rotatable bonds is 64. The largest absolute Gasteiger partial charge is 0.437 e. The molecule has 0 aromatic carbocycles. The first-order valence-corrected chi connectivity index (χ1v) is 138.